The van der Waals surface area contributed by atoms with Gasteiger partial charge in [-0.25, -0.2) is 8.42 Å². The number of amides is 2. The van der Waals surface area contributed by atoms with Crippen LogP contribution in [0.25, 0.3) is 0 Å². The van der Waals surface area contributed by atoms with E-state index >= 15 is 0 Å². The van der Waals surface area contributed by atoms with E-state index in [4.69, 9.17) is 0 Å². The molecule has 182 valence electrons. The van der Waals surface area contributed by atoms with Crippen molar-refractivity contribution in [1.29, 1.82) is 0 Å². The summed E-state index contributed by atoms with van der Waals surface area (Å²) < 4.78 is 28.8. The molecule has 2 amide bonds. The van der Waals surface area contributed by atoms with Gasteiger partial charge in [0.2, 0.25) is 5.91 Å². The van der Waals surface area contributed by atoms with E-state index in [-0.39, 0.29) is 22.1 Å². The van der Waals surface area contributed by atoms with E-state index in [0.29, 0.717) is 24.2 Å². The molecule has 0 unspecified atom stereocenters. The molecule has 0 saturated carbocycles. The lowest BCUT2D eigenvalue weighted by atomic mass is 10.1. The first-order valence-corrected chi connectivity index (χ1v) is 13.1. The maximum Gasteiger partial charge on any atom is 0.262 e. The summed E-state index contributed by atoms with van der Waals surface area (Å²) in [7, 11) is -3.89. The molecule has 1 saturated heterocycles. The van der Waals surface area contributed by atoms with Crippen molar-refractivity contribution in [3.63, 3.8) is 0 Å². The van der Waals surface area contributed by atoms with Gasteiger partial charge in [0, 0.05) is 25.2 Å². The van der Waals surface area contributed by atoms with Crippen LogP contribution in [0.1, 0.15) is 46.3 Å². The average Bonchev–Trinajstić information content (AvgIpc) is 2.82. The first kappa shape index (κ1) is 24.5. The largest absolute Gasteiger partial charge is 0.338 e. The minimum atomic E-state index is -3.89. The highest BCUT2D eigenvalue weighted by Crippen LogP contribution is 2.24. The maximum absolute atomic E-state index is 13.1. The Bertz CT molecular complexity index is 1370. The zero-order valence-electron chi connectivity index (χ0n) is 19.9. The van der Waals surface area contributed by atoms with E-state index in [0.717, 1.165) is 30.5 Å². The van der Waals surface area contributed by atoms with Crippen molar-refractivity contribution in [1.82, 2.24) is 4.90 Å². The summed E-state index contributed by atoms with van der Waals surface area (Å²) in [6.45, 7) is 4.80. The molecule has 2 N–H and O–H groups in total. The number of anilines is 2. The van der Waals surface area contributed by atoms with Gasteiger partial charge >= 0.3 is 0 Å². The standard InChI is InChI=1S/C27H29N3O4S/c1-19-13-14-20(2)25(16-19)35(33,34)29-24-11-4-3-10-23(24)27(32)28-22-9-7-8-21(17-22)18-30-15-6-5-12-26(30)31/h3-4,7-11,13-14,16-17,29H,5-6,12,15,18H2,1-2H3,(H,28,32). The molecule has 3 aromatic rings. The van der Waals surface area contributed by atoms with Crippen LogP contribution in [0.3, 0.4) is 0 Å². The van der Waals surface area contributed by atoms with Crippen LogP contribution in [0, 0.1) is 13.8 Å². The highest BCUT2D eigenvalue weighted by molar-refractivity contribution is 7.92. The Morgan fingerprint density at radius 2 is 1.77 bits per heavy atom. The lowest BCUT2D eigenvalue weighted by molar-refractivity contribution is -0.133. The van der Waals surface area contributed by atoms with Gasteiger partial charge in [-0.2, -0.15) is 0 Å². The summed E-state index contributed by atoms with van der Waals surface area (Å²) in [6, 6.07) is 19.1. The Morgan fingerprint density at radius 1 is 0.971 bits per heavy atom. The Kier molecular flexibility index (Phi) is 7.21. The highest BCUT2D eigenvalue weighted by Gasteiger charge is 2.21. The predicted octanol–water partition coefficient (Wildman–Crippen LogP) is 4.87. The number of carbonyl (C=O) groups excluding carboxylic acids is 2. The fraction of sp³-hybridized carbons (Fsp3) is 0.259. The van der Waals surface area contributed by atoms with Crippen molar-refractivity contribution < 1.29 is 18.0 Å². The second kappa shape index (κ2) is 10.3. The minimum absolute atomic E-state index is 0.149. The molecule has 0 spiro atoms. The molecular weight excluding hydrogens is 462 g/mol. The number of benzene rings is 3. The number of carbonyl (C=O) groups is 2. The number of rotatable bonds is 7. The first-order chi connectivity index (χ1) is 16.7. The fourth-order valence-corrected chi connectivity index (χ4v) is 5.57. The van der Waals surface area contributed by atoms with E-state index in [2.05, 4.69) is 10.0 Å². The lowest BCUT2D eigenvalue weighted by Crippen LogP contribution is -2.34. The van der Waals surface area contributed by atoms with E-state index < -0.39 is 15.9 Å². The van der Waals surface area contributed by atoms with Gasteiger partial charge in [-0.1, -0.05) is 36.4 Å². The van der Waals surface area contributed by atoms with Crippen LogP contribution in [0.15, 0.2) is 71.6 Å². The van der Waals surface area contributed by atoms with Crippen molar-refractivity contribution in [3.05, 3.63) is 89.0 Å². The molecule has 8 heteroatoms. The SMILES string of the molecule is Cc1ccc(C)c(S(=O)(=O)Nc2ccccc2C(=O)Nc2cccc(CN3CCCCC3=O)c2)c1. The van der Waals surface area contributed by atoms with Crippen LogP contribution in [-0.2, 0) is 21.4 Å². The summed E-state index contributed by atoms with van der Waals surface area (Å²) in [5.74, 6) is -0.286. The molecule has 0 atom stereocenters. The Hall–Kier alpha value is -3.65. The number of piperidine rings is 1. The summed E-state index contributed by atoms with van der Waals surface area (Å²) in [5.41, 5.74) is 3.34. The molecule has 0 aliphatic carbocycles. The molecular formula is C27H29N3O4S. The van der Waals surface area contributed by atoms with Gasteiger partial charge in [-0.15, -0.1) is 0 Å². The molecule has 4 rings (SSSR count). The predicted molar refractivity (Wildman–Crippen MR) is 137 cm³/mol. The van der Waals surface area contributed by atoms with Crippen LogP contribution >= 0.6 is 0 Å². The first-order valence-electron chi connectivity index (χ1n) is 11.6. The molecule has 3 aromatic carbocycles. The van der Waals surface area contributed by atoms with Gasteiger partial charge in [-0.3, -0.25) is 14.3 Å². The summed E-state index contributed by atoms with van der Waals surface area (Å²) in [6.07, 6.45) is 2.50. The van der Waals surface area contributed by atoms with Crippen LogP contribution in [0.2, 0.25) is 0 Å². The van der Waals surface area contributed by atoms with Crippen LogP contribution in [-0.4, -0.2) is 31.7 Å². The number of sulfonamides is 1. The zero-order chi connectivity index (χ0) is 25.0. The average molecular weight is 492 g/mol. The molecule has 0 aromatic heterocycles. The molecule has 1 heterocycles. The number of aryl methyl sites for hydroxylation is 2. The molecule has 0 bridgehead atoms. The maximum atomic E-state index is 13.1. The van der Waals surface area contributed by atoms with Gasteiger partial charge in [0.15, 0.2) is 0 Å². The Morgan fingerprint density at radius 3 is 2.57 bits per heavy atom. The van der Waals surface area contributed by atoms with Crippen molar-refractivity contribution in [2.24, 2.45) is 0 Å². The molecule has 0 radical (unpaired) electrons. The number of likely N-dealkylation sites (tertiary alicyclic amines) is 1. The molecule has 1 aliphatic rings. The van der Waals surface area contributed by atoms with Crippen molar-refractivity contribution >= 4 is 33.2 Å². The molecule has 7 nitrogen and oxygen atoms in total. The lowest BCUT2D eigenvalue weighted by Gasteiger charge is -2.26. The van der Waals surface area contributed by atoms with Crippen molar-refractivity contribution in [2.75, 3.05) is 16.6 Å². The highest BCUT2D eigenvalue weighted by atomic mass is 32.2. The van der Waals surface area contributed by atoms with Gasteiger partial charge in [-0.05, 0) is 73.7 Å². The number of para-hydroxylation sites is 1. The van der Waals surface area contributed by atoms with Crippen molar-refractivity contribution in [3.8, 4) is 0 Å². The van der Waals surface area contributed by atoms with Crippen LogP contribution < -0.4 is 10.0 Å². The second-order valence-electron chi connectivity index (χ2n) is 8.85. The summed E-state index contributed by atoms with van der Waals surface area (Å²) >= 11 is 0. The zero-order valence-corrected chi connectivity index (χ0v) is 20.7. The number of hydrogen-bond acceptors (Lipinski definition) is 4. The second-order valence-corrected chi connectivity index (χ2v) is 10.5. The van der Waals surface area contributed by atoms with Crippen LogP contribution in [0.5, 0.6) is 0 Å². The third-order valence-corrected chi connectivity index (χ3v) is 7.54. The Labute approximate surface area is 206 Å². The van der Waals surface area contributed by atoms with E-state index in [1.807, 2.05) is 36.1 Å². The number of hydrogen-bond donors (Lipinski definition) is 2. The third kappa shape index (κ3) is 5.89. The smallest absolute Gasteiger partial charge is 0.262 e. The third-order valence-electron chi connectivity index (χ3n) is 6.03. The topological polar surface area (TPSA) is 95.6 Å². The Balaban J connectivity index is 1.52. The van der Waals surface area contributed by atoms with Crippen LogP contribution in [0.4, 0.5) is 11.4 Å². The van der Waals surface area contributed by atoms with Crippen molar-refractivity contribution in [2.45, 2.75) is 44.6 Å². The summed E-state index contributed by atoms with van der Waals surface area (Å²) in [4.78, 5) is 27.3. The normalized spacial score (nSPS) is 14.0. The molecule has 35 heavy (non-hydrogen) atoms. The monoisotopic (exact) mass is 491 g/mol. The van der Waals surface area contributed by atoms with E-state index in [1.165, 1.54) is 0 Å². The quantitative estimate of drug-likeness (QED) is 0.493. The van der Waals surface area contributed by atoms with Gasteiger partial charge in [0.05, 0.1) is 16.1 Å². The molecule has 1 fully saturated rings. The van der Waals surface area contributed by atoms with E-state index in [1.54, 1.807) is 49.4 Å². The molecule has 1 aliphatic heterocycles. The minimum Gasteiger partial charge on any atom is -0.338 e. The van der Waals surface area contributed by atoms with E-state index in [9.17, 15) is 18.0 Å². The van der Waals surface area contributed by atoms with Gasteiger partial charge in [0.25, 0.3) is 15.9 Å². The number of nitrogens with zero attached hydrogens (tertiary/aromatic N) is 1. The summed E-state index contributed by atoms with van der Waals surface area (Å²) in [5, 5.41) is 2.86. The number of nitrogens with one attached hydrogen (secondary N) is 2. The van der Waals surface area contributed by atoms with Gasteiger partial charge < -0.3 is 10.2 Å². The fourth-order valence-electron chi connectivity index (χ4n) is 4.16. The van der Waals surface area contributed by atoms with Gasteiger partial charge in [0.1, 0.15) is 0 Å².